The van der Waals surface area contributed by atoms with Crippen molar-refractivity contribution in [3.8, 4) is 12.3 Å². The van der Waals surface area contributed by atoms with E-state index >= 15 is 0 Å². The third-order valence-corrected chi connectivity index (χ3v) is 2.02. The Bertz CT molecular complexity index is 313. The van der Waals surface area contributed by atoms with Gasteiger partial charge in [-0.25, -0.2) is 0 Å². The number of rotatable bonds is 2. The van der Waals surface area contributed by atoms with Gasteiger partial charge in [-0.2, -0.15) is 0 Å². The summed E-state index contributed by atoms with van der Waals surface area (Å²) >= 11 is 0. The predicted octanol–water partition coefficient (Wildman–Crippen LogP) is 1.03. The van der Waals surface area contributed by atoms with Crippen molar-refractivity contribution in [3.05, 3.63) is 35.9 Å². The molecule has 1 atom stereocenters. The summed E-state index contributed by atoms with van der Waals surface area (Å²) in [5.41, 5.74) is -0.594. The van der Waals surface area contributed by atoms with Crippen molar-refractivity contribution in [1.29, 1.82) is 0 Å². The number of hydrogen-bond acceptors (Lipinski definition) is 2. The second-order valence-electron chi connectivity index (χ2n) is 3.08. The number of hydrogen-bond donors (Lipinski definition) is 1. The fraction of sp³-hybridized carbons (Fsp3) is 0.273. The van der Waals surface area contributed by atoms with Gasteiger partial charge in [0.05, 0.1) is 0 Å². The van der Waals surface area contributed by atoms with E-state index in [0.717, 1.165) is 0 Å². The minimum Gasteiger partial charge on any atom is -0.361 e. The molecular weight excluding hydrogens is 162 g/mol. The maximum absolute atomic E-state index is 10.1. The first-order valence-electron chi connectivity index (χ1n) is 4.04. The van der Waals surface area contributed by atoms with Crippen LogP contribution in [0.15, 0.2) is 30.3 Å². The number of benzene rings is 1. The van der Waals surface area contributed by atoms with Crippen LogP contribution in [0.4, 0.5) is 0 Å². The molecule has 0 aliphatic carbocycles. The summed E-state index contributed by atoms with van der Waals surface area (Å²) in [6, 6.07) is 9.19. The number of terminal acetylenes is 1. The van der Waals surface area contributed by atoms with Gasteiger partial charge in [-0.3, -0.25) is 4.90 Å². The first-order valence-corrected chi connectivity index (χ1v) is 4.04. The van der Waals surface area contributed by atoms with Crippen LogP contribution in [0, 0.1) is 12.3 Å². The van der Waals surface area contributed by atoms with Crippen molar-refractivity contribution in [2.45, 2.75) is 5.72 Å². The van der Waals surface area contributed by atoms with E-state index in [1.807, 2.05) is 18.2 Å². The molecule has 0 fully saturated rings. The van der Waals surface area contributed by atoms with E-state index in [1.54, 1.807) is 31.1 Å². The SMILES string of the molecule is C#CC(O)(c1ccccc1)N(C)C. The molecule has 0 aliphatic heterocycles. The highest BCUT2D eigenvalue weighted by Gasteiger charge is 2.28. The summed E-state index contributed by atoms with van der Waals surface area (Å²) in [4.78, 5) is 1.60. The van der Waals surface area contributed by atoms with E-state index in [1.165, 1.54) is 0 Å². The molecule has 1 rings (SSSR count). The molecule has 0 aliphatic rings. The summed E-state index contributed by atoms with van der Waals surface area (Å²) in [7, 11) is 3.49. The van der Waals surface area contributed by atoms with Crippen LogP contribution >= 0.6 is 0 Å². The highest BCUT2D eigenvalue weighted by Crippen LogP contribution is 2.21. The van der Waals surface area contributed by atoms with Crippen LogP contribution in [-0.4, -0.2) is 24.1 Å². The molecule has 0 heterocycles. The van der Waals surface area contributed by atoms with E-state index in [4.69, 9.17) is 6.42 Å². The van der Waals surface area contributed by atoms with Gasteiger partial charge in [0.25, 0.3) is 0 Å². The first-order chi connectivity index (χ1) is 6.11. The summed E-state index contributed by atoms with van der Waals surface area (Å²) in [6.45, 7) is 0. The Kier molecular flexibility index (Phi) is 2.72. The molecule has 2 heteroatoms. The highest BCUT2D eigenvalue weighted by molar-refractivity contribution is 5.29. The van der Waals surface area contributed by atoms with Crippen LogP contribution in [0.2, 0.25) is 0 Å². The van der Waals surface area contributed by atoms with Crippen LogP contribution in [-0.2, 0) is 5.72 Å². The Balaban J connectivity index is 3.13. The summed E-state index contributed by atoms with van der Waals surface area (Å²) in [5, 5.41) is 10.1. The molecule has 0 radical (unpaired) electrons. The van der Waals surface area contributed by atoms with Gasteiger partial charge < -0.3 is 5.11 Å². The van der Waals surface area contributed by atoms with Crippen molar-refractivity contribution in [2.75, 3.05) is 14.1 Å². The summed E-state index contributed by atoms with van der Waals surface area (Å²) < 4.78 is 0. The predicted molar refractivity (Wildman–Crippen MR) is 52.9 cm³/mol. The van der Waals surface area contributed by atoms with Gasteiger partial charge in [0.2, 0.25) is 5.72 Å². The van der Waals surface area contributed by atoms with Crippen LogP contribution in [0.3, 0.4) is 0 Å². The van der Waals surface area contributed by atoms with Crippen LogP contribution < -0.4 is 0 Å². The maximum Gasteiger partial charge on any atom is 0.208 e. The molecule has 1 aromatic rings. The van der Waals surface area contributed by atoms with E-state index in [0.29, 0.717) is 5.56 Å². The average molecular weight is 175 g/mol. The molecule has 0 spiro atoms. The van der Waals surface area contributed by atoms with Crippen LogP contribution in [0.1, 0.15) is 5.56 Å². The largest absolute Gasteiger partial charge is 0.361 e. The van der Waals surface area contributed by atoms with Crippen molar-refractivity contribution in [2.24, 2.45) is 0 Å². The zero-order valence-corrected chi connectivity index (χ0v) is 7.86. The monoisotopic (exact) mass is 175 g/mol. The topological polar surface area (TPSA) is 23.5 Å². The average Bonchev–Trinajstić information content (AvgIpc) is 2.17. The van der Waals surface area contributed by atoms with E-state index in [2.05, 4.69) is 5.92 Å². The van der Waals surface area contributed by atoms with Crippen molar-refractivity contribution in [3.63, 3.8) is 0 Å². The lowest BCUT2D eigenvalue weighted by Crippen LogP contribution is -2.39. The fourth-order valence-corrected chi connectivity index (χ4v) is 1.14. The smallest absolute Gasteiger partial charge is 0.208 e. The Hall–Kier alpha value is -1.30. The molecule has 13 heavy (non-hydrogen) atoms. The van der Waals surface area contributed by atoms with Gasteiger partial charge in [0.1, 0.15) is 0 Å². The molecule has 1 aromatic carbocycles. The molecule has 68 valence electrons. The van der Waals surface area contributed by atoms with Gasteiger partial charge in [-0.15, -0.1) is 6.42 Å². The zero-order chi connectivity index (χ0) is 9.90. The third kappa shape index (κ3) is 1.72. The van der Waals surface area contributed by atoms with Crippen molar-refractivity contribution < 1.29 is 5.11 Å². The summed E-state index contributed by atoms with van der Waals surface area (Å²) in [6.07, 6.45) is 5.30. The Morgan fingerprint density at radius 3 is 2.23 bits per heavy atom. The molecule has 2 nitrogen and oxygen atoms in total. The van der Waals surface area contributed by atoms with Gasteiger partial charge in [0.15, 0.2) is 0 Å². The third-order valence-electron chi connectivity index (χ3n) is 2.02. The standard InChI is InChI=1S/C11H13NO/c1-4-11(13,12(2)3)10-8-6-5-7-9-10/h1,5-9,13H,2-3H3. The second kappa shape index (κ2) is 3.61. The highest BCUT2D eigenvalue weighted by atomic mass is 16.3. The minimum atomic E-state index is -1.30. The van der Waals surface area contributed by atoms with Gasteiger partial charge >= 0.3 is 0 Å². The van der Waals surface area contributed by atoms with E-state index in [9.17, 15) is 5.11 Å². The minimum absolute atomic E-state index is 0.711. The van der Waals surface area contributed by atoms with Gasteiger partial charge in [-0.1, -0.05) is 36.3 Å². The molecule has 0 amide bonds. The van der Waals surface area contributed by atoms with Gasteiger partial charge in [-0.05, 0) is 14.1 Å². The Labute approximate surface area is 78.8 Å². The lowest BCUT2D eigenvalue weighted by molar-refractivity contribution is -0.0336. The lowest BCUT2D eigenvalue weighted by atomic mass is 10.0. The zero-order valence-electron chi connectivity index (χ0n) is 7.86. The molecule has 1 N–H and O–H groups in total. The molecule has 0 aromatic heterocycles. The normalized spacial score (nSPS) is 15.0. The van der Waals surface area contributed by atoms with Crippen LogP contribution in [0.5, 0.6) is 0 Å². The fourth-order valence-electron chi connectivity index (χ4n) is 1.14. The van der Waals surface area contributed by atoms with E-state index in [-0.39, 0.29) is 0 Å². The Morgan fingerprint density at radius 1 is 1.31 bits per heavy atom. The van der Waals surface area contributed by atoms with Crippen molar-refractivity contribution in [1.82, 2.24) is 4.90 Å². The summed E-state index contributed by atoms with van der Waals surface area (Å²) in [5.74, 6) is 2.38. The first kappa shape index (κ1) is 9.79. The Morgan fingerprint density at radius 2 is 1.85 bits per heavy atom. The number of aliphatic hydroxyl groups is 1. The van der Waals surface area contributed by atoms with Gasteiger partial charge in [0, 0.05) is 5.56 Å². The number of nitrogens with zero attached hydrogens (tertiary/aromatic N) is 1. The maximum atomic E-state index is 10.1. The quantitative estimate of drug-likeness (QED) is 0.536. The molecule has 0 saturated carbocycles. The van der Waals surface area contributed by atoms with Crippen molar-refractivity contribution >= 4 is 0 Å². The van der Waals surface area contributed by atoms with E-state index < -0.39 is 5.72 Å². The second-order valence-corrected chi connectivity index (χ2v) is 3.08. The molecule has 0 saturated heterocycles. The molecule has 1 unspecified atom stereocenters. The van der Waals surface area contributed by atoms with Crippen LogP contribution in [0.25, 0.3) is 0 Å². The molecule has 0 bridgehead atoms. The lowest BCUT2D eigenvalue weighted by Gasteiger charge is -2.29. The molecular formula is C11H13NO.